The number of hydrogen-bond donors (Lipinski definition) is 1. The van der Waals surface area contributed by atoms with Crippen molar-refractivity contribution < 1.29 is 0 Å². The summed E-state index contributed by atoms with van der Waals surface area (Å²) < 4.78 is 3.80. The van der Waals surface area contributed by atoms with Crippen LogP contribution in [0.5, 0.6) is 0 Å². The van der Waals surface area contributed by atoms with E-state index in [1.165, 1.54) is 0 Å². The molecule has 0 saturated carbocycles. The van der Waals surface area contributed by atoms with Crippen molar-refractivity contribution >= 4 is 5.69 Å². The van der Waals surface area contributed by atoms with Gasteiger partial charge in [-0.15, -0.1) is 0 Å². The van der Waals surface area contributed by atoms with E-state index >= 15 is 0 Å². The highest BCUT2D eigenvalue weighted by atomic mass is 15.3. The van der Waals surface area contributed by atoms with Gasteiger partial charge in [0.15, 0.2) is 0 Å². The third kappa shape index (κ3) is 3.16. The van der Waals surface area contributed by atoms with E-state index in [0.717, 1.165) is 30.0 Å². The van der Waals surface area contributed by atoms with E-state index in [4.69, 9.17) is 0 Å². The number of nitrogens with one attached hydrogen (secondary N) is 1. The van der Waals surface area contributed by atoms with E-state index in [-0.39, 0.29) is 0 Å². The predicted octanol–water partition coefficient (Wildman–Crippen LogP) is 2.66. The number of anilines is 1. The largest absolute Gasteiger partial charge is 0.380 e. The summed E-state index contributed by atoms with van der Waals surface area (Å²) in [7, 11) is 0. The summed E-state index contributed by atoms with van der Waals surface area (Å²) in [5.41, 5.74) is 3.25. The van der Waals surface area contributed by atoms with Gasteiger partial charge in [0, 0.05) is 12.6 Å². The fourth-order valence-corrected chi connectivity index (χ4v) is 2.39. The van der Waals surface area contributed by atoms with E-state index in [0.29, 0.717) is 6.04 Å². The van der Waals surface area contributed by atoms with Gasteiger partial charge >= 0.3 is 0 Å². The van der Waals surface area contributed by atoms with Crippen LogP contribution in [0.2, 0.25) is 0 Å². The summed E-state index contributed by atoms with van der Waals surface area (Å²) >= 11 is 0. The van der Waals surface area contributed by atoms with Gasteiger partial charge in [-0.2, -0.15) is 10.2 Å². The molecule has 22 heavy (non-hydrogen) atoms. The van der Waals surface area contributed by atoms with Gasteiger partial charge in [-0.25, -0.2) is 9.67 Å². The van der Waals surface area contributed by atoms with Crippen molar-refractivity contribution in [2.24, 2.45) is 0 Å². The standard InChI is InChI=1S/C16H20N6/c1-13(8-9-21-12-17-11-19-21)20-16-10-18-22(14(16)2)15-6-4-3-5-7-15/h3-7,10-13,20H,8-9H2,1-2H3/t13-/m1/s1. The SMILES string of the molecule is Cc1c(N[C@H](C)CCn2cncn2)cnn1-c1ccccc1. The molecule has 0 radical (unpaired) electrons. The van der Waals surface area contributed by atoms with Gasteiger partial charge in [0.1, 0.15) is 12.7 Å². The summed E-state index contributed by atoms with van der Waals surface area (Å²) in [6.45, 7) is 5.09. The maximum Gasteiger partial charge on any atom is 0.137 e. The molecule has 6 nitrogen and oxygen atoms in total. The number of para-hydroxylation sites is 1. The van der Waals surface area contributed by atoms with Gasteiger partial charge in [-0.05, 0) is 32.4 Å². The zero-order chi connectivity index (χ0) is 15.4. The normalized spacial score (nSPS) is 12.3. The van der Waals surface area contributed by atoms with Crippen molar-refractivity contribution in [3.8, 4) is 5.69 Å². The zero-order valence-electron chi connectivity index (χ0n) is 12.8. The molecule has 1 aromatic carbocycles. The minimum Gasteiger partial charge on any atom is -0.380 e. The first-order valence-corrected chi connectivity index (χ1v) is 7.43. The lowest BCUT2D eigenvalue weighted by Crippen LogP contribution is -2.18. The summed E-state index contributed by atoms with van der Waals surface area (Å²) in [4.78, 5) is 3.95. The molecule has 0 aliphatic rings. The Kier molecular flexibility index (Phi) is 4.18. The number of nitrogens with zero attached hydrogens (tertiary/aromatic N) is 5. The maximum atomic E-state index is 4.48. The average molecular weight is 296 g/mol. The van der Waals surface area contributed by atoms with Crippen LogP contribution < -0.4 is 5.32 Å². The molecular weight excluding hydrogens is 276 g/mol. The minimum atomic E-state index is 0.330. The maximum absolute atomic E-state index is 4.48. The quantitative estimate of drug-likeness (QED) is 0.759. The van der Waals surface area contributed by atoms with Crippen LogP contribution in [-0.2, 0) is 6.54 Å². The fourth-order valence-electron chi connectivity index (χ4n) is 2.39. The van der Waals surface area contributed by atoms with Crippen LogP contribution in [0.15, 0.2) is 49.2 Å². The fraction of sp³-hybridized carbons (Fsp3) is 0.312. The molecule has 2 heterocycles. The van der Waals surface area contributed by atoms with Crippen LogP contribution in [0, 0.1) is 6.92 Å². The van der Waals surface area contributed by atoms with Crippen LogP contribution >= 0.6 is 0 Å². The molecule has 0 amide bonds. The molecule has 0 aliphatic heterocycles. The van der Waals surface area contributed by atoms with E-state index in [1.54, 1.807) is 12.7 Å². The van der Waals surface area contributed by atoms with Crippen molar-refractivity contribution in [1.82, 2.24) is 24.5 Å². The first-order valence-electron chi connectivity index (χ1n) is 7.43. The van der Waals surface area contributed by atoms with E-state index in [2.05, 4.69) is 46.5 Å². The third-order valence-electron chi connectivity index (χ3n) is 3.67. The van der Waals surface area contributed by atoms with Crippen molar-refractivity contribution in [3.63, 3.8) is 0 Å². The minimum absolute atomic E-state index is 0.330. The number of hydrogen-bond acceptors (Lipinski definition) is 4. The molecule has 1 N–H and O–H groups in total. The number of benzene rings is 1. The number of aryl methyl sites for hydroxylation is 1. The number of aromatic nitrogens is 5. The molecule has 0 fully saturated rings. The Hall–Kier alpha value is -2.63. The highest BCUT2D eigenvalue weighted by molar-refractivity contribution is 5.49. The summed E-state index contributed by atoms with van der Waals surface area (Å²) in [6, 6.07) is 10.5. The second-order valence-corrected chi connectivity index (χ2v) is 5.38. The average Bonchev–Trinajstić information content (AvgIpc) is 3.17. The summed E-state index contributed by atoms with van der Waals surface area (Å²) in [6.07, 6.45) is 6.16. The van der Waals surface area contributed by atoms with E-state index < -0.39 is 0 Å². The Morgan fingerprint density at radius 3 is 2.73 bits per heavy atom. The molecule has 2 aromatic heterocycles. The zero-order valence-corrected chi connectivity index (χ0v) is 12.8. The van der Waals surface area contributed by atoms with Crippen LogP contribution in [0.25, 0.3) is 5.69 Å². The third-order valence-corrected chi connectivity index (χ3v) is 3.67. The second-order valence-electron chi connectivity index (χ2n) is 5.38. The van der Waals surface area contributed by atoms with Crippen LogP contribution in [0.4, 0.5) is 5.69 Å². The van der Waals surface area contributed by atoms with Gasteiger partial charge in [0.2, 0.25) is 0 Å². The lowest BCUT2D eigenvalue weighted by atomic mass is 10.2. The highest BCUT2D eigenvalue weighted by Crippen LogP contribution is 2.19. The molecule has 3 aromatic rings. The summed E-state index contributed by atoms with van der Waals surface area (Å²) in [5.74, 6) is 0. The first kappa shape index (κ1) is 14.3. The molecule has 0 saturated heterocycles. The Morgan fingerprint density at radius 2 is 2.00 bits per heavy atom. The highest BCUT2D eigenvalue weighted by Gasteiger charge is 2.10. The van der Waals surface area contributed by atoms with Crippen molar-refractivity contribution in [3.05, 3.63) is 54.9 Å². The number of rotatable bonds is 6. The predicted molar refractivity (Wildman–Crippen MR) is 86.0 cm³/mol. The Balaban J connectivity index is 1.64. The van der Waals surface area contributed by atoms with Crippen molar-refractivity contribution in [2.75, 3.05) is 5.32 Å². The van der Waals surface area contributed by atoms with E-state index in [1.807, 2.05) is 33.8 Å². The van der Waals surface area contributed by atoms with Crippen LogP contribution in [-0.4, -0.2) is 30.6 Å². The Labute approximate surface area is 129 Å². The summed E-state index contributed by atoms with van der Waals surface area (Å²) in [5, 5.41) is 12.1. The molecule has 6 heteroatoms. The van der Waals surface area contributed by atoms with Crippen LogP contribution in [0.1, 0.15) is 19.0 Å². The van der Waals surface area contributed by atoms with E-state index in [9.17, 15) is 0 Å². The lowest BCUT2D eigenvalue weighted by Gasteiger charge is -2.14. The smallest absolute Gasteiger partial charge is 0.137 e. The van der Waals surface area contributed by atoms with Crippen molar-refractivity contribution in [2.45, 2.75) is 32.9 Å². The molecule has 0 spiro atoms. The Morgan fingerprint density at radius 1 is 1.18 bits per heavy atom. The van der Waals surface area contributed by atoms with Gasteiger partial charge in [-0.3, -0.25) is 4.68 Å². The van der Waals surface area contributed by atoms with Gasteiger partial charge in [0.25, 0.3) is 0 Å². The van der Waals surface area contributed by atoms with Crippen LogP contribution in [0.3, 0.4) is 0 Å². The Bertz CT molecular complexity index is 702. The molecule has 114 valence electrons. The molecule has 3 rings (SSSR count). The molecular formula is C16H20N6. The topological polar surface area (TPSA) is 60.6 Å². The molecule has 0 bridgehead atoms. The second kappa shape index (κ2) is 6.43. The monoisotopic (exact) mass is 296 g/mol. The molecule has 0 aliphatic carbocycles. The molecule has 1 atom stereocenters. The molecule has 0 unspecified atom stereocenters. The van der Waals surface area contributed by atoms with Crippen molar-refractivity contribution in [1.29, 1.82) is 0 Å². The first-order chi connectivity index (χ1) is 10.7. The van der Waals surface area contributed by atoms with Gasteiger partial charge in [-0.1, -0.05) is 18.2 Å². The lowest BCUT2D eigenvalue weighted by molar-refractivity contribution is 0.544. The van der Waals surface area contributed by atoms with Gasteiger partial charge in [0.05, 0.1) is 23.3 Å². The van der Waals surface area contributed by atoms with Gasteiger partial charge < -0.3 is 5.32 Å².